The summed E-state index contributed by atoms with van der Waals surface area (Å²) >= 11 is 0. The first-order chi connectivity index (χ1) is 9.30. The molecule has 0 bridgehead atoms. The minimum Gasteiger partial charge on any atom is -0.558 e. The molecule has 2 heterocycles. The lowest BCUT2D eigenvalue weighted by Gasteiger charge is -2.24. The van der Waals surface area contributed by atoms with E-state index in [2.05, 4.69) is 15.0 Å². The van der Waals surface area contributed by atoms with Gasteiger partial charge >= 0.3 is 17.7 Å². The van der Waals surface area contributed by atoms with Crippen LogP contribution in [0.1, 0.15) is 0 Å². The minimum absolute atomic E-state index is 0.774. The van der Waals surface area contributed by atoms with Gasteiger partial charge in [0.05, 0.1) is 0 Å². The number of H-pyrrole nitrogens is 1. The van der Waals surface area contributed by atoms with Crippen molar-refractivity contribution < 1.29 is 31.2 Å². The van der Waals surface area contributed by atoms with Crippen LogP contribution in [0.15, 0.2) is 0 Å². The van der Waals surface area contributed by atoms with Gasteiger partial charge in [0, 0.05) is 0 Å². The number of imidazole rings is 1. The number of hydrogen-bond acceptors (Lipinski definition) is 12. The molecule has 0 saturated carbocycles. The van der Waals surface area contributed by atoms with Crippen molar-refractivity contribution in [2.45, 2.75) is 0 Å². The third-order valence-corrected chi connectivity index (χ3v) is 2.12. The van der Waals surface area contributed by atoms with Crippen LogP contribution in [0.5, 0.6) is 0 Å². The van der Waals surface area contributed by atoms with Crippen LogP contribution in [0.2, 0.25) is 0 Å². The molecule has 2 aromatic heterocycles. The van der Waals surface area contributed by atoms with Crippen LogP contribution in [0, 0.1) is 15.6 Å². The summed E-state index contributed by atoms with van der Waals surface area (Å²) in [6.07, 6.45) is 0. The van der Waals surface area contributed by atoms with E-state index in [-0.39, 0.29) is 0 Å². The summed E-state index contributed by atoms with van der Waals surface area (Å²) in [6.45, 7) is 0. The number of aromatic nitrogens is 4. The van der Waals surface area contributed by atoms with Gasteiger partial charge in [-0.25, -0.2) is 0 Å². The summed E-state index contributed by atoms with van der Waals surface area (Å²) in [6, 6.07) is 0. The standard InChI is InChI=1S/C5H7N7O9/c13-10(14,15)3-1-2(7-4(6-1)11(16,17)18)8-5(9-3)12(19,20)21/h13-14,16-17,19-20H,(H,6,7,8,9). The van der Waals surface area contributed by atoms with Gasteiger partial charge in [-0.3, -0.25) is 4.98 Å². The first kappa shape index (κ1) is 15.5. The van der Waals surface area contributed by atoms with Gasteiger partial charge in [-0.1, -0.05) is 0 Å². The molecule has 7 N–H and O–H groups in total. The number of hydrogen-bond donors (Lipinski definition) is 7. The highest BCUT2D eigenvalue weighted by Crippen LogP contribution is 2.29. The zero-order chi connectivity index (χ0) is 16.2. The Morgan fingerprint density at radius 2 is 1.33 bits per heavy atom. The van der Waals surface area contributed by atoms with Crippen molar-refractivity contribution in [3.8, 4) is 0 Å². The molecule has 16 heteroatoms. The molecular weight excluding hydrogens is 302 g/mol. The normalized spacial score (nSPS) is 14.0. The second kappa shape index (κ2) is 4.28. The minimum atomic E-state index is -3.26. The number of nitrogens with zero attached hydrogens (tertiary/aromatic N) is 6. The van der Waals surface area contributed by atoms with Gasteiger partial charge in [-0.15, -0.1) is 9.97 Å². The van der Waals surface area contributed by atoms with Crippen LogP contribution in [0.4, 0.5) is 17.7 Å². The zero-order valence-corrected chi connectivity index (χ0v) is 9.59. The average Bonchev–Trinajstić information content (AvgIpc) is 2.67. The summed E-state index contributed by atoms with van der Waals surface area (Å²) in [5, 5.41) is 85.6. The summed E-state index contributed by atoms with van der Waals surface area (Å²) in [4.78, 5) is 1.36. The molecule has 0 unspecified atom stereocenters. The summed E-state index contributed by atoms with van der Waals surface area (Å²) in [7, 11) is 0. The van der Waals surface area contributed by atoms with E-state index < -0.39 is 43.8 Å². The first-order valence-electron chi connectivity index (χ1n) is 4.76. The quantitative estimate of drug-likeness (QED) is 0.269. The van der Waals surface area contributed by atoms with Crippen molar-refractivity contribution in [1.82, 2.24) is 34.9 Å². The summed E-state index contributed by atoms with van der Waals surface area (Å²) in [5.41, 5.74) is -1.60. The van der Waals surface area contributed by atoms with E-state index in [9.17, 15) is 15.6 Å². The van der Waals surface area contributed by atoms with Crippen molar-refractivity contribution in [2.24, 2.45) is 0 Å². The van der Waals surface area contributed by atoms with Crippen LogP contribution in [-0.2, 0) is 0 Å². The molecule has 0 atom stereocenters. The van der Waals surface area contributed by atoms with Gasteiger partial charge in [0.15, 0.2) is 11.2 Å². The number of aromatic amines is 1. The molecule has 16 nitrogen and oxygen atoms in total. The lowest BCUT2D eigenvalue weighted by atomic mass is 10.5. The van der Waals surface area contributed by atoms with Gasteiger partial charge in [-0.2, -0.15) is 36.2 Å². The van der Waals surface area contributed by atoms with Gasteiger partial charge in [0.25, 0.3) is 0 Å². The van der Waals surface area contributed by atoms with E-state index in [1.165, 1.54) is 0 Å². The fourth-order valence-corrected chi connectivity index (χ4v) is 1.34. The Morgan fingerprint density at radius 3 is 1.76 bits per heavy atom. The maximum atomic E-state index is 11.1. The fourth-order valence-electron chi connectivity index (χ4n) is 1.34. The number of quaternary nitrogens is 3. The molecule has 0 aliphatic rings. The highest BCUT2D eigenvalue weighted by molar-refractivity contribution is 5.84. The van der Waals surface area contributed by atoms with Crippen LogP contribution >= 0.6 is 0 Å². The molecule has 116 valence electrons. The Morgan fingerprint density at radius 1 is 0.762 bits per heavy atom. The largest absolute Gasteiger partial charge is 0.558 e. The fraction of sp³-hybridized carbons (Fsp3) is 0. The second-order valence-corrected chi connectivity index (χ2v) is 3.74. The molecule has 0 aliphatic heterocycles. The smallest absolute Gasteiger partial charge is 0.405 e. The van der Waals surface area contributed by atoms with Gasteiger partial charge in [0.1, 0.15) is 0 Å². The molecule has 2 aromatic rings. The van der Waals surface area contributed by atoms with E-state index in [1.807, 2.05) is 0 Å². The van der Waals surface area contributed by atoms with E-state index in [0.29, 0.717) is 0 Å². The molecule has 0 amide bonds. The second-order valence-electron chi connectivity index (χ2n) is 3.74. The van der Waals surface area contributed by atoms with E-state index >= 15 is 0 Å². The molecule has 2 rings (SSSR count). The Labute approximate surface area is 112 Å². The zero-order valence-electron chi connectivity index (χ0n) is 9.59. The molecule has 0 spiro atoms. The molecular formula is C5H7N7O9. The monoisotopic (exact) mass is 309 g/mol. The first-order valence-corrected chi connectivity index (χ1v) is 4.76. The van der Waals surface area contributed by atoms with Crippen molar-refractivity contribution in [1.29, 1.82) is 0 Å². The SMILES string of the molecule is [O-][N+](O)(O)c1nc([N+]([O-])(O)O)c2[nH]c([N+]([O-])(O)O)nc2n1. The van der Waals surface area contributed by atoms with Crippen LogP contribution in [-0.4, -0.2) is 51.2 Å². The number of nitrogens with one attached hydrogen (secondary N) is 1. The van der Waals surface area contributed by atoms with Crippen LogP contribution in [0.25, 0.3) is 11.2 Å². The third-order valence-electron chi connectivity index (χ3n) is 2.12. The average molecular weight is 309 g/mol. The topological polar surface area (TPSA) is 245 Å². The Kier molecular flexibility index (Phi) is 3.15. The van der Waals surface area contributed by atoms with E-state index in [0.717, 1.165) is 0 Å². The summed E-state index contributed by atoms with van der Waals surface area (Å²) in [5.74, 6) is -4.02. The Balaban J connectivity index is 2.81. The molecule has 0 aliphatic carbocycles. The van der Waals surface area contributed by atoms with Crippen molar-refractivity contribution in [3.63, 3.8) is 0 Å². The Hall–Kier alpha value is -1.93. The van der Waals surface area contributed by atoms with Crippen LogP contribution < -0.4 is 14.9 Å². The van der Waals surface area contributed by atoms with Crippen molar-refractivity contribution >= 4 is 28.9 Å². The molecule has 0 saturated heterocycles. The van der Waals surface area contributed by atoms with Gasteiger partial charge in [-0.05, 0) is 14.9 Å². The predicted octanol–water partition coefficient (Wildman–Crippen LogP) is -0.897. The van der Waals surface area contributed by atoms with Gasteiger partial charge in [0.2, 0.25) is 0 Å². The number of rotatable bonds is 3. The van der Waals surface area contributed by atoms with Crippen molar-refractivity contribution in [2.75, 3.05) is 0 Å². The van der Waals surface area contributed by atoms with E-state index in [1.54, 1.807) is 4.98 Å². The van der Waals surface area contributed by atoms with Gasteiger partial charge < -0.3 is 15.6 Å². The molecule has 0 fully saturated rings. The van der Waals surface area contributed by atoms with Crippen LogP contribution in [0.3, 0.4) is 0 Å². The third kappa shape index (κ3) is 2.91. The Bertz CT molecular complexity index is 679. The molecule has 0 radical (unpaired) electrons. The predicted molar refractivity (Wildman–Crippen MR) is 57.9 cm³/mol. The lowest BCUT2D eigenvalue weighted by molar-refractivity contribution is -0.262. The van der Waals surface area contributed by atoms with Crippen molar-refractivity contribution in [3.05, 3.63) is 15.6 Å². The summed E-state index contributed by atoms with van der Waals surface area (Å²) < 4.78 is 0. The maximum Gasteiger partial charge on any atom is 0.405 e. The number of fused-ring (bicyclic) bond motifs is 1. The van der Waals surface area contributed by atoms with E-state index in [4.69, 9.17) is 31.2 Å². The lowest BCUT2D eigenvalue weighted by Crippen LogP contribution is -2.39. The molecule has 21 heavy (non-hydrogen) atoms. The highest BCUT2D eigenvalue weighted by Gasteiger charge is 2.34. The highest BCUT2D eigenvalue weighted by atomic mass is 17.1. The molecule has 0 aromatic carbocycles. The maximum absolute atomic E-state index is 11.1.